The summed E-state index contributed by atoms with van der Waals surface area (Å²) < 4.78 is 0. The topological polar surface area (TPSA) is 24.4 Å². The van der Waals surface area contributed by atoms with E-state index < -0.39 is 0 Å². The minimum atomic E-state index is 0.845. The Bertz CT molecular complexity index is 104. The molecule has 10 heavy (non-hydrogen) atoms. The van der Waals surface area contributed by atoms with Crippen molar-refractivity contribution in [2.24, 2.45) is 10.9 Å². The molecule has 2 nitrogen and oxygen atoms in total. The molecule has 1 saturated heterocycles. The Labute approximate surface area is 62.7 Å². The standard InChI is InChI=1S/C8H16N2/c1-2-9-7-8-3-5-10-6-4-8/h2,8,10H,3-7H2,1H3. The van der Waals surface area contributed by atoms with Crippen LogP contribution in [0, 0.1) is 5.92 Å². The normalized spacial score (nSPS) is 22.1. The molecule has 2 heteroatoms. The molecule has 1 rings (SSSR count). The van der Waals surface area contributed by atoms with E-state index in [9.17, 15) is 0 Å². The lowest BCUT2D eigenvalue weighted by atomic mass is 9.99. The van der Waals surface area contributed by atoms with Gasteiger partial charge in [-0.05, 0) is 45.0 Å². The Kier molecular flexibility index (Phi) is 3.44. The first-order valence-electron chi connectivity index (χ1n) is 4.08. The van der Waals surface area contributed by atoms with Gasteiger partial charge in [0.1, 0.15) is 0 Å². The average molecular weight is 140 g/mol. The Morgan fingerprint density at radius 3 is 2.80 bits per heavy atom. The van der Waals surface area contributed by atoms with Gasteiger partial charge in [0.2, 0.25) is 0 Å². The van der Waals surface area contributed by atoms with Crippen molar-refractivity contribution in [3.05, 3.63) is 0 Å². The molecule has 0 unspecified atom stereocenters. The lowest BCUT2D eigenvalue weighted by molar-refractivity contribution is 0.383. The van der Waals surface area contributed by atoms with E-state index in [2.05, 4.69) is 10.3 Å². The molecular weight excluding hydrogens is 124 g/mol. The van der Waals surface area contributed by atoms with Crippen LogP contribution in [0.1, 0.15) is 19.8 Å². The van der Waals surface area contributed by atoms with Crippen LogP contribution in [-0.2, 0) is 0 Å². The predicted octanol–water partition coefficient (Wildman–Crippen LogP) is 1.08. The number of piperidine rings is 1. The van der Waals surface area contributed by atoms with Crippen molar-refractivity contribution >= 4 is 6.21 Å². The van der Waals surface area contributed by atoms with Crippen LogP contribution >= 0.6 is 0 Å². The molecule has 0 bridgehead atoms. The maximum Gasteiger partial charge on any atom is 0.0414 e. The monoisotopic (exact) mass is 140 g/mol. The summed E-state index contributed by atoms with van der Waals surface area (Å²) in [6, 6.07) is 0. The third-order valence-corrected chi connectivity index (χ3v) is 2.00. The summed E-state index contributed by atoms with van der Waals surface area (Å²) >= 11 is 0. The molecule has 1 heterocycles. The molecule has 1 fully saturated rings. The van der Waals surface area contributed by atoms with Gasteiger partial charge in [0, 0.05) is 6.54 Å². The van der Waals surface area contributed by atoms with Gasteiger partial charge < -0.3 is 5.32 Å². The van der Waals surface area contributed by atoms with Gasteiger partial charge in [0.15, 0.2) is 0 Å². The Morgan fingerprint density at radius 1 is 1.50 bits per heavy atom. The predicted molar refractivity (Wildman–Crippen MR) is 44.6 cm³/mol. The van der Waals surface area contributed by atoms with Crippen molar-refractivity contribution in [2.45, 2.75) is 19.8 Å². The number of rotatable bonds is 2. The second-order valence-electron chi connectivity index (χ2n) is 2.82. The van der Waals surface area contributed by atoms with Gasteiger partial charge in [0.05, 0.1) is 0 Å². The molecule has 0 saturated carbocycles. The van der Waals surface area contributed by atoms with Gasteiger partial charge in [0.25, 0.3) is 0 Å². The van der Waals surface area contributed by atoms with E-state index in [1.54, 1.807) is 0 Å². The second kappa shape index (κ2) is 4.45. The van der Waals surface area contributed by atoms with E-state index in [0.717, 1.165) is 12.5 Å². The fraction of sp³-hybridized carbons (Fsp3) is 0.875. The van der Waals surface area contributed by atoms with Crippen LogP contribution in [0.5, 0.6) is 0 Å². The van der Waals surface area contributed by atoms with Crippen molar-refractivity contribution in [1.29, 1.82) is 0 Å². The fourth-order valence-electron chi connectivity index (χ4n) is 1.32. The Balaban J connectivity index is 2.13. The second-order valence-corrected chi connectivity index (χ2v) is 2.82. The average Bonchev–Trinajstić information content (AvgIpc) is 2.03. The summed E-state index contributed by atoms with van der Waals surface area (Å²) in [4.78, 5) is 4.24. The zero-order chi connectivity index (χ0) is 7.23. The van der Waals surface area contributed by atoms with Crippen molar-refractivity contribution in [1.82, 2.24) is 5.32 Å². The summed E-state index contributed by atoms with van der Waals surface area (Å²) in [7, 11) is 0. The van der Waals surface area contributed by atoms with Crippen molar-refractivity contribution in [3.8, 4) is 0 Å². The highest BCUT2D eigenvalue weighted by atomic mass is 14.9. The molecule has 1 aliphatic rings. The van der Waals surface area contributed by atoms with E-state index in [1.165, 1.54) is 25.9 Å². The fourth-order valence-corrected chi connectivity index (χ4v) is 1.32. The van der Waals surface area contributed by atoms with Crippen molar-refractivity contribution in [3.63, 3.8) is 0 Å². The minimum Gasteiger partial charge on any atom is -0.317 e. The summed E-state index contributed by atoms with van der Waals surface area (Å²) in [6.45, 7) is 5.40. The third kappa shape index (κ3) is 2.48. The van der Waals surface area contributed by atoms with E-state index >= 15 is 0 Å². The minimum absolute atomic E-state index is 0.845. The molecule has 1 N–H and O–H groups in total. The van der Waals surface area contributed by atoms with E-state index in [1.807, 2.05) is 13.1 Å². The third-order valence-electron chi connectivity index (χ3n) is 2.00. The maximum absolute atomic E-state index is 4.24. The summed E-state index contributed by atoms with van der Waals surface area (Å²) in [5.41, 5.74) is 0. The van der Waals surface area contributed by atoms with Gasteiger partial charge in [-0.2, -0.15) is 0 Å². The molecule has 0 aromatic heterocycles. The summed E-state index contributed by atoms with van der Waals surface area (Å²) in [5.74, 6) is 0.845. The molecular formula is C8H16N2. The first-order chi connectivity index (χ1) is 4.93. The highest BCUT2D eigenvalue weighted by Gasteiger charge is 2.10. The van der Waals surface area contributed by atoms with Crippen molar-refractivity contribution in [2.75, 3.05) is 19.6 Å². The molecule has 0 aromatic rings. The number of nitrogens with one attached hydrogen (secondary N) is 1. The zero-order valence-corrected chi connectivity index (χ0v) is 6.64. The summed E-state index contributed by atoms with van der Waals surface area (Å²) in [6.07, 6.45) is 4.51. The molecule has 58 valence electrons. The molecule has 1 aliphatic heterocycles. The van der Waals surface area contributed by atoms with Crippen LogP contribution in [0.2, 0.25) is 0 Å². The largest absolute Gasteiger partial charge is 0.317 e. The van der Waals surface area contributed by atoms with Crippen LogP contribution in [0.4, 0.5) is 0 Å². The molecule has 0 radical (unpaired) electrons. The highest BCUT2D eigenvalue weighted by molar-refractivity contribution is 5.53. The van der Waals surface area contributed by atoms with Gasteiger partial charge in [-0.3, -0.25) is 4.99 Å². The van der Waals surface area contributed by atoms with Crippen molar-refractivity contribution < 1.29 is 0 Å². The van der Waals surface area contributed by atoms with Gasteiger partial charge in [-0.25, -0.2) is 0 Å². The van der Waals surface area contributed by atoms with Crippen LogP contribution in [0.3, 0.4) is 0 Å². The quantitative estimate of drug-likeness (QED) is 0.570. The lowest BCUT2D eigenvalue weighted by Gasteiger charge is -2.20. The Morgan fingerprint density at radius 2 is 2.20 bits per heavy atom. The van der Waals surface area contributed by atoms with E-state index in [4.69, 9.17) is 0 Å². The SMILES string of the molecule is CC=NCC1CCNCC1. The number of hydrogen-bond acceptors (Lipinski definition) is 2. The highest BCUT2D eigenvalue weighted by Crippen LogP contribution is 2.10. The van der Waals surface area contributed by atoms with Crippen LogP contribution in [0.15, 0.2) is 4.99 Å². The first-order valence-corrected chi connectivity index (χ1v) is 4.08. The lowest BCUT2D eigenvalue weighted by Crippen LogP contribution is -2.28. The molecule has 0 aliphatic carbocycles. The molecule has 0 atom stereocenters. The van der Waals surface area contributed by atoms with Crippen LogP contribution in [0.25, 0.3) is 0 Å². The number of aliphatic imine (C=N–C) groups is 1. The van der Waals surface area contributed by atoms with Crippen LogP contribution in [-0.4, -0.2) is 25.8 Å². The van der Waals surface area contributed by atoms with Gasteiger partial charge in [-0.1, -0.05) is 0 Å². The van der Waals surface area contributed by atoms with E-state index in [0.29, 0.717) is 0 Å². The maximum atomic E-state index is 4.24. The molecule has 0 amide bonds. The smallest absolute Gasteiger partial charge is 0.0414 e. The number of hydrogen-bond donors (Lipinski definition) is 1. The first kappa shape index (κ1) is 7.73. The molecule has 0 spiro atoms. The van der Waals surface area contributed by atoms with E-state index in [-0.39, 0.29) is 0 Å². The molecule has 0 aromatic carbocycles. The van der Waals surface area contributed by atoms with Gasteiger partial charge >= 0.3 is 0 Å². The zero-order valence-electron chi connectivity index (χ0n) is 6.64. The Hall–Kier alpha value is -0.370. The van der Waals surface area contributed by atoms with Crippen LogP contribution < -0.4 is 5.32 Å². The summed E-state index contributed by atoms with van der Waals surface area (Å²) in [5, 5.41) is 3.34. The van der Waals surface area contributed by atoms with Gasteiger partial charge in [-0.15, -0.1) is 0 Å². The number of nitrogens with zero attached hydrogens (tertiary/aromatic N) is 1.